The zero-order chi connectivity index (χ0) is 24.0. The van der Waals surface area contributed by atoms with Crippen LogP contribution in [0, 0.1) is 0 Å². The van der Waals surface area contributed by atoms with Gasteiger partial charge in [-0.05, 0) is 38.0 Å². The van der Waals surface area contributed by atoms with E-state index in [4.69, 9.17) is 26.5 Å². The SMILES string of the molecule is CC(C)(C)OC(=O)N(CCc1ncc(CC(N)=O)o1)Cc1ccc(-c2ccccc2)c(Cl)c1. The summed E-state index contributed by atoms with van der Waals surface area (Å²) in [7, 11) is 0. The van der Waals surface area contributed by atoms with Crippen molar-refractivity contribution in [2.24, 2.45) is 5.73 Å². The molecular formula is C25H28ClN3O4. The van der Waals surface area contributed by atoms with Crippen molar-refractivity contribution in [2.75, 3.05) is 6.54 Å². The molecule has 0 fully saturated rings. The lowest BCUT2D eigenvalue weighted by molar-refractivity contribution is -0.117. The molecule has 0 aliphatic heterocycles. The van der Waals surface area contributed by atoms with Gasteiger partial charge in [-0.15, -0.1) is 0 Å². The number of rotatable bonds is 8. The molecule has 33 heavy (non-hydrogen) atoms. The van der Waals surface area contributed by atoms with Gasteiger partial charge in [0.25, 0.3) is 0 Å². The molecule has 0 spiro atoms. The number of halogens is 1. The van der Waals surface area contributed by atoms with E-state index in [2.05, 4.69) is 4.98 Å². The van der Waals surface area contributed by atoms with Crippen LogP contribution in [0.15, 0.2) is 59.1 Å². The number of carbonyl (C=O) groups is 2. The maximum atomic E-state index is 12.9. The Bertz CT molecular complexity index is 1110. The molecule has 174 valence electrons. The van der Waals surface area contributed by atoms with Crippen LogP contribution in [0.4, 0.5) is 4.79 Å². The number of primary amides is 1. The Morgan fingerprint density at radius 3 is 2.52 bits per heavy atom. The zero-order valence-corrected chi connectivity index (χ0v) is 19.8. The Labute approximate surface area is 198 Å². The molecule has 0 saturated carbocycles. The van der Waals surface area contributed by atoms with Gasteiger partial charge >= 0.3 is 6.09 Å². The van der Waals surface area contributed by atoms with E-state index in [1.165, 1.54) is 6.20 Å². The highest BCUT2D eigenvalue weighted by atomic mass is 35.5. The first-order valence-electron chi connectivity index (χ1n) is 10.6. The number of ether oxygens (including phenoxy) is 1. The van der Waals surface area contributed by atoms with Gasteiger partial charge in [0, 0.05) is 30.1 Å². The standard InChI is InChI=1S/C25H28ClN3O4/c1-25(2,3)33-24(31)29(12-11-23-28-15-19(32-23)14-22(27)30)16-17-9-10-20(21(26)13-17)18-7-5-4-6-8-18/h4-10,13,15H,11-12,14,16H2,1-3H3,(H2,27,30). The van der Waals surface area contributed by atoms with Crippen molar-refractivity contribution in [2.45, 2.75) is 45.8 Å². The number of nitrogens with zero attached hydrogens (tertiary/aromatic N) is 2. The maximum Gasteiger partial charge on any atom is 0.410 e. The number of aromatic nitrogens is 1. The highest BCUT2D eigenvalue weighted by molar-refractivity contribution is 6.33. The van der Waals surface area contributed by atoms with E-state index in [1.54, 1.807) is 4.90 Å². The second-order valence-corrected chi connectivity index (χ2v) is 9.10. The van der Waals surface area contributed by atoms with E-state index in [-0.39, 0.29) is 6.42 Å². The van der Waals surface area contributed by atoms with Crippen LogP contribution in [-0.4, -0.2) is 34.0 Å². The van der Waals surface area contributed by atoms with Gasteiger partial charge < -0.3 is 19.8 Å². The quantitative estimate of drug-likeness (QED) is 0.500. The largest absolute Gasteiger partial charge is 0.445 e. The third kappa shape index (κ3) is 7.36. The lowest BCUT2D eigenvalue weighted by Crippen LogP contribution is -2.37. The molecule has 1 aromatic heterocycles. The van der Waals surface area contributed by atoms with Crippen molar-refractivity contribution in [1.29, 1.82) is 0 Å². The summed E-state index contributed by atoms with van der Waals surface area (Å²) in [6.07, 6.45) is 1.36. The van der Waals surface area contributed by atoms with E-state index < -0.39 is 17.6 Å². The lowest BCUT2D eigenvalue weighted by atomic mass is 10.0. The van der Waals surface area contributed by atoms with Gasteiger partial charge in [-0.2, -0.15) is 0 Å². The van der Waals surface area contributed by atoms with Crippen LogP contribution in [0.2, 0.25) is 5.02 Å². The first kappa shape index (κ1) is 24.3. The number of amides is 2. The fourth-order valence-corrected chi connectivity index (χ4v) is 3.55. The molecule has 0 bridgehead atoms. The second kappa shape index (κ2) is 10.5. The van der Waals surface area contributed by atoms with E-state index in [9.17, 15) is 9.59 Å². The van der Waals surface area contributed by atoms with Gasteiger partial charge in [-0.1, -0.05) is 54.1 Å². The minimum absolute atomic E-state index is 0.0188. The van der Waals surface area contributed by atoms with E-state index in [0.717, 1.165) is 16.7 Å². The van der Waals surface area contributed by atoms with Crippen molar-refractivity contribution >= 4 is 23.6 Å². The lowest BCUT2D eigenvalue weighted by Gasteiger charge is -2.27. The smallest absolute Gasteiger partial charge is 0.410 e. The molecule has 2 aromatic carbocycles. The highest BCUT2D eigenvalue weighted by Crippen LogP contribution is 2.29. The summed E-state index contributed by atoms with van der Waals surface area (Å²) in [5, 5.41) is 0.603. The predicted molar refractivity (Wildman–Crippen MR) is 127 cm³/mol. The molecule has 8 heteroatoms. The summed E-state index contributed by atoms with van der Waals surface area (Å²) < 4.78 is 11.1. The normalized spacial score (nSPS) is 11.3. The minimum Gasteiger partial charge on any atom is -0.445 e. The molecule has 3 rings (SSSR count). The molecule has 0 atom stereocenters. The Balaban J connectivity index is 1.75. The topological polar surface area (TPSA) is 98.7 Å². The molecule has 2 amide bonds. The van der Waals surface area contributed by atoms with Crippen molar-refractivity contribution in [3.63, 3.8) is 0 Å². The fraction of sp³-hybridized carbons (Fsp3) is 0.320. The number of carbonyl (C=O) groups excluding carboxylic acids is 2. The average Bonchev–Trinajstić information content (AvgIpc) is 3.17. The van der Waals surface area contributed by atoms with Crippen LogP contribution < -0.4 is 5.73 Å². The van der Waals surface area contributed by atoms with Gasteiger partial charge in [0.15, 0.2) is 5.89 Å². The Kier molecular flexibility index (Phi) is 7.76. The van der Waals surface area contributed by atoms with Crippen molar-refractivity contribution in [3.8, 4) is 11.1 Å². The van der Waals surface area contributed by atoms with Crippen molar-refractivity contribution < 1.29 is 18.7 Å². The molecule has 0 aliphatic carbocycles. The van der Waals surface area contributed by atoms with E-state index >= 15 is 0 Å². The fourth-order valence-electron chi connectivity index (χ4n) is 3.24. The van der Waals surface area contributed by atoms with Crippen LogP contribution in [0.1, 0.15) is 38.0 Å². The molecule has 0 radical (unpaired) electrons. The number of nitrogens with two attached hydrogens (primary N) is 1. The molecule has 1 heterocycles. The van der Waals surface area contributed by atoms with Crippen LogP contribution in [-0.2, 0) is 28.9 Å². The first-order chi connectivity index (χ1) is 15.6. The zero-order valence-electron chi connectivity index (χ0n) is 19.0. The van der Waals surface area contributed by atoms with Gasteiger partial charge in [-0.3, -0.25) is 4.79 Å². The van der Waals surface area contributed by atoms with Gasteiger partial charge in [0.05, 0.1) is 12.6 Å². The molecule has 2 N–H and O–H groups in total. The molecule has 0 unspecified atom stereocenters. The van der Waals surface area contributed by atoms with Crippen LogP contribution in [0.25, 0.3) is 11.1 Å². The first-order valence-corrected chi connectivity index (χ1v) is 11.0. The summed E-state index contributed by atoms with van der Waals surface area (Å²) in [4.78, 5) is 29.7. The Morgan fingerprint density at radius 1 is 1.15 bits per heavy atom. The van der Waals surface area contributed by atoms with Gasteiger partial charge in [-0.25, -0.2) is 9.78 Å². The summed E-state index contributed by atoms with van der Waals surface area (Å²) in [6.45, 7) is 6.07. The third-order valence-corrected chi connectivity index (χ3v) is 5.00. The van der Waals surface area contributed by atoms with E-state index in [1.807, 2.05) is 69.3 Å². The summed E-state index contributed by atoms with van der Waals surface area (Å²) in [5.41, 5.74) is 7.37. The average molecular weight is 470 g/mol. The molecule has 0 saturated heterocycles. The summed E-state index contributed by atoms with van der Waals surface area (Å²) in [5.74, 6) is 0.311. The summed E-state index contributed by atoms with van der Waals surface area (Å²) >= 11 is 6.55. The monoisotopic (exact) mass is 469 g/mol. The van der Waals surface area contributed by atoms with Crippen molar-refractivity contribution in [3.05, 3.63) is 77.0 Å². The summed E-state index contributed by atoms with van der Waals surface area (Å²) in [6, 6.07) is 15.6. The van der Waals surface area contributed by atoms with E-state index in [0.29, 0.717) is 36.2 Å². The minimum atomic E-state index is -0.637. The predicted octanol–water partition coefficient (Wildman–Crippen LogP) is 5.00. The molecular weight excluding hydrogens is 442 g/mol. The number of hydrogen-bond donors (Lipinski definition) is 1. The van der Waals surface area contributed by atoms with Crippen molar-refractivity contribution in [1.82, 2.24) is 9.88 Å². The van der Waals surface area contributed by atoms with Gasteiger partial charge in [0.1, 0.15) is 11.4 Å². The molecule has 0 aliphatic rings. The number of oxazole rings is 1. The Morgan fingerprint density at radius 2 is 1.88 bits per heavy atom. The molecule has 3 aromatic rings. The number of hydrogen-bond acceptors (Lipinski definition) is 5. The highest BCUT2D eigenvalue weighted by Gasteiger charge is 2.23. The number of benzene rings is 2. The third-order valence-electron chi connectivity index (χ3n) is 4.69. The van der Waals surface area contributed by atoms with Crippen LogP contribution >= 0.6 is 11.6 Å². The van der Waals surface area contributed by atoms with Crippen LogP contribution in [0.3, 0.4) is 0 Å². The molecule has 7 nitrogen and oxygen atoms in total. The second-order valence-electron chi connectivity index (χ2n) is 8.70. The Hall–Kier alpha value is -3.32. The maximum absolute atomic E-state index is 12.9. The van der Waals surface area contributed by atoms with Gasteiger partial charge in [0.2, 0.25) is 5.91 Å². The van der Waals surface area contributed by atoms with Crippen LogP contribution in [0.5, 0.6) is 0 Å².